The number of ether oxygens (including phenoxy) is 1. The van der Waals surface area contributed by atoms with Gasteiger partial charge in [0.25, 0.3) is 0 Å². The van der Waals surface area contributed by atoms with Gasteiger partial charge in [-0.2, -0.15) is 0 Å². The SMILES string of the molecule is CCc1ccc(C(C)NC(=O)CSc2nc3ccc(OC)cc3[nH]2)cc1. The van der Waals surface area contributed by atoms with Crippen LogP contribution >= 0.6 is 11.8 Å². The molecule has 0 bridgehead atoms. The van der Waals surface area contributed by atoms with Gasteiger partial charge in [0.15, 0.2) is 5.16 Å². The van der Waals surface area contributed by atoms with Gasteiger partial charge in [0.2, 0.25) is 5.91 Å². The van der Waals surface area contributed by atoms with Gasteiger partial charge in [-0.05, 0) is 36.6 Å². The van der Waals surface area contributed by atoms with E-state index in [1.807, 2.05) is 25.1 Å². The number of aromatic amines is 1. The van der Waals surface area contributed by atoms with Gasteiger partial charge in [-0.3, -0.25) is 4.79 Å². The fourth-order valence-corrected chi connectivity index (χ4v) is 3.40. The molecule has 6 heteroatoms. The van der Waals surface area contributed by atoms with Gasteiger partial charge >= 0.3 is 0 Å². The van der Waals surface area contributed by atoms with Crippen LogP contribution in [0.25, 0.3) is 11.0 Å². The average molecular weight is 369 g/mol. The van der Waals surface area contributed by atoms with Crippen molar-refractivity contribution in [2.75, 3.05) is 12.9 Å². The van der Waals surface area contributed by atoms with E-state index in [1.165, 1.54) is 17.3 Å². The second-order valence-electron chi connectivity index (χ2n) is 6.10. The number of hydrogen-bond acceptors (Lipinski definition) is 4. The molecule has 0 saturated heterocycles. The number of benzene rings is 2. The van der Waals surface area contributed by atoms with E-state index in [9.17, 15) is 4.79 Å². The van der Waals surface area contributed by atoms with Crippen molar-refractivity contribution in [3.8, 4) is 5.75 Å². The quantitative estimate of drug-likeness (QED) is 0.615. The van der Waals surface area contributed by atoms with Crippen LogP contribution in [0.1, 0.15) is 31.0 Å². The molecular formula is C20H23N3O2S. The maximum absolute atomic E-state index is 12.2. The molecule has 2 aromatic carbocycles. The Bertz CT molecular complexity index is 890. The molecule has 136 valence electrons. The summed E-state index contributed by atoms with van der Waals surface area (Å²) in [5.41, 5.74) is 4.16. The highest BCUT2D eigenvalue weighted by Gasteiger charge is 2.11. The summed E-state index contributed by atoms with van der Waals surface area (Å²) in [5, 5.41) is 3.76. The molecule has 26 heavy (non-hydrogen) atoms. The molecule has 1 amide bonds. The maximum atomic E-state index is 12.2. The Labute approximate surface area is 157 Å². The van der Waals surface area contributed by atoms with Gasteiger partial charge in [-0.1, -0.05) is 43.0 Å². The lowest BCUT2D eigenvalue weighted by Crippen LogP contribution is -2.28. The second-order valence-corrected chi connectivity index (χ2v) is 7.06. The number of nitrogens with one attached hydrogen (secondary N) is 2. The maximum Gasteiger partial charge on any atom is 0.230 e. The number of aromatic nitrogens is 2. The number of fused-ring (bicyclic) bond motifs is 1. The Morgan fingerprint density at radius 2 is 2.04 bits per heavy atom. The third-order valence-electron chi connectivity index (χ3n) is 4.27. The third kappa shape index (κ3) is 4.38. The molecule has 3 rings (SSSR count). The lowest BCUT2D eigenvalue weighted by atomic mass is 10.1. The first kappa shape index (κ1) is 18.3. The number of imidazole rings is 1. The van der Waals surface area contributed by atoms with Gasteiger partial charge in [-0.25, -0.2) is 4.98 Å². The van der Waals surface area contributed by atoms with E-state index in [0.717, 1.165) is 33.9 Å². The monoisotopic (exact) mass is 369 g/mol. The summed E-state index contributed by atoms with van der Waals surface area (Å²) in [4.78, 5) is 19.9. The van der Waals surface area contributed by atoms with Crippen LogP contribution in [0, 0.1) is 0 Å². The van der Waals surface area contributed by atoms with Gasteiger partial charge < -0.3 is 15.0 Å². The molecule has 0 radical (unpaired) electrons. The Kier molecular flexibility index (Phi) is 5.83. The van der Waals surface area contributed by atoms with Gasteiger partial charge in [0, 0.05) is 6.07 Å². The Morgan fingerprint density at radius 1 is 1.27 bits per heavy atom. The number of thioether (sulfide) groups is 1. The summed E-state index contributed by atoms with van der Waals surface area (Å²) in [5.74, 6) is 1.08. The second kappa shape index (κ2) is 8.27. The average Bonchev–Trinajstić information content (AvgIpc) is 3.08. The smallest absolute Gasteiger partial charge is 0.230 e. The molecule has 1 unspecified atom stereocenters. The van der Waals surface area contributed by atoms with Crippen LogP contribution < -0.4 is 10.1 Å². The molecule has 0 aliphatic rings. The van der Waals surface area contributed by atoms with Crippen molar-refractivity contribution in [3.05, 3.63) is 53.6 Å². The molecule has 0 fully saturated rings. The Morgan fingerprint density at radius 3 is 2.73 bits per heavy atom. The van der Waals surface area contributed by atoms with Crippen LogP contribution in [0.2, 0.25) is 0 Å². The number of rotatable bonds is 7. The first-order chi connectivity index (χ1) is 12.6. The van der Waals surface area contributed by atoms with Crippen molar-refractivity contribution in [2.24, 2.45) is 0 Å². The van der Waals surface area contributed by atoms with Crippen LogP contribution in [-0.2, 0) is 11.2 Å². The lowest BCUT2D eigenvalue weighted by Gasteiger charge is -2.14. The highest BCUT2D eigenvalue weighted by molar-refractivity contribution is 7.99. The number of methoxy groups -OCH3 is 1. The first-order valence-electron chi connectivity index (χ1n) is 8.63. The van der Waals surface area contributed by atoms with E-state index < -0.39 is 0 Å². The molecule has 0 aliphatic carbocycles. The van der Waals surface area contributed by atoms with E-state index in [1.54, 1.807) is 7.11 Å². The van der Waals surface area contributed by atoms with E-state index in [4.69, 9.17) is 4.74 Å². The molecule has 2 N–H and O–H groups in total. The minimum Gasteiger partial charge on any atom is -0.497 e. The number of amides is 1. The molecule has 0 spiro atoms. The van der Waals surface area contributed by atoms with Crippen molar-refractivity contribution >= 4 is 28.7 Å². The zero-order chi connectivity index (χ0) is 18.5. The van der Waals surface area contributed by atoms with Crippen LogP contribution in [0.5, 0.6) is 5.75 Å². The molecule has 1 atom stereocenters. The summed E-state index contributed by atoms with van der Waals surface area (Å²) in [6.07, 6.45) is 1.01. The summed E-state index contributed by atoms with van der Waals surface area (Å²) >= 11 is 1.39. The van der Waals surface area contributed by atoms with Gasteiger partial charge in [0.05, 0.1) is 29.9 Å². The van der Waals surface area contributed by atoms with Crippen LogP contribution in [0.15, 0.2) is 47.6 Å². The first-order valence-corrected chi connectivity index (χ1v) is 9.62. The van der Waals surface area contributed by atoms with E-state index in [2.05, 4.69) is 46.5 Å². The molecule has 0 aliphatic heterocycles. The molecule has 0 saturated carbocycles. The largest absolute Gasteiger partial charge is 0.497 e. The summed E-state index contributed by atoms with van der Waals surface area (Å²) in [6, 6.07) is 14.0. The van der Waals surface area contributed by atoms with Gasteiger partial charge in [-0.15, -0.1) is 0 Å². The van der Waals surface area contributed by atoms with E-state index >= 15 is 0 Å². The summed E-state index contributed by atoms with van der Waals surface area (Å²) < 4.78 is 5.21. The summed E-state index contributed by atoms with van der Waals surface area (Å²) in [6.45, 7) is 4.13. The minimum absolute atomic E-state index is 0.0138. The number of aryl methyl sites for hydroxylation is 1. The highest BCUT2D eigenvalue weighted by atomic mass is 32.2. The topological polar surface area (TPSA) is 67.0 Å². The normalized spacial score (nSPS) is 12.1. The van der Waals surface area contributed by atoms with Crippen LogP contribution in [0.4, 0.5) is 0 Å². The zero-order valence-corrected chi connectivity index (χ0v) is 16.0. The van der Waals surface area contributed by atoms with Crippen molar-refractivity contribution in [3.63, 3.8) is 0 Å². The number of hydrogen-bond donors (Lipinski definition) is 2. The predicted molar refractivity (Wildman–Crippen MR) is 106 cm³/mol. The molecule has 1 heterocycles. The summed E-state index contributed by atoms with van der Waals surface area (Å²) in [7, 11) is 1.63. The van der Waals surface area contributed by atoms with E-state index in [0.29, 0.717) is 5.75 Å². The van der Waals surface area contributed by atoms with Crippen molar-refractivity contribution in [1.29, 1.82) is 0 Å². The van der Waals surface area contributed by atoms with Crippen molar-refractivity contribution in [1.82, 2.24) is 15.3 Å². The molecule has 5 nitrogen and oxygen atoms in total. The van der Waals surface area contributed by atoms with Crippen molar-refractivity contribution in [2.45, 2.75) is 31.5 Å². The number of carbonyl (C=O) groups is 1. The molecule has 1 aromatic heterocycles. The minimum atomic E-state index is -0.0195. The predicted octanol–water partition coefficient (Wildman–Crippen LogP) is 4.10. The number of carbonyl (C=O) groups excluding carboxylic acids is 1. The molecular weight excluding hydrogens is 346 g/mol. The lowest BCUT2D eigenvalue weighted by molar-refractivity contribution is -0.119. The van der Waals surface area contributed by atoms with E-state index in [-0.39, 0.29) is 11.9 Å². The molecule has 3 aromatic rings. The third-order valence-corrected chi connectivity index (χ3v) is 5.15. The van der Waals surface area contributed by atoms with Crippen molar-refractivity contribution < 1.29 is 9.53 Å². The van der Waals surface area contributed by atoms with Crippen LogP contribution in [0.3, 0.4) is 0 Å². The number of H-pyrrole nitrogens is 1. The number of nitrogens with zero attached hydrogens (tertiary/aromatic N) is 1. The highest BCUT2D eigenvalue weighted by Crippen LogP contribution is 2.23. The van der Waals surface area contributed by atoms with Gasteiger partial charge in [0.1, 0.15) is 5.75 Å². The standard InChI is InChI=1S/C20H23N3O2S/c1-4-14-5-7-15(8-6-14)13(2)21-19(24)12-26-20-22-17-10-9-16(25-3)11-18(17)23-20/h5-11,13H,4,12H2,1-3H3,(H,21,24)(H,22,23). The fraction of sp³-hybridized carbons (Fsp3) is 0.300. The van der Waals surface area contributed by atoms with Crippen LogP contribution in [-0.4, -0.2) is 28.7 Å². The fourth-order valence-electron chi connectivity index (χ4n) is 2.70. The Hall–Kier alpha value is -2.47. The Balaban J connectivity index is 1.56. The zero-order valence-electron chi connectivity index (χ0n) is 15.2.